The molecule has 1 saturated heterocycles. The SMILES string of the molecule is Cc1ccccc1C(O)(c1ccccc1C)C1CC[N]CC1. The zero-order valence-corrected chi connectivity index (χ0v) is 13.4. The van der Waals surface area contributed by atoms with E-state index in [2.05, 4.69) is 43.4 Å². The number of benzene rings is 2. The van der Waals surface area contributed by atoms with Crippen molar-refractivity contribution in [3.63, 3.8) is 0 Å². The summed E-state index contributed by atoms with van der Waals surface area (Å²) in [6.07, 6.45) is 1.89. The van der Waals surface area contributed by atoms with Gasteiger partial charge in [-0.3, -0.25) is 0 Å². The molecular weight excluding hydrogens is 270 g/mol. The van der Waals surface area contributed by atoms with Gasteiger partial charge in [-0.1, -0.05) is 48.5 Å². The second-order valence-electron chi connectivity index (χ2n) is 6.34. The van der Waals surface area contributed by atoms with E-state index in [0.29, 0.717) is 0 Å². The van der Waals surface area contributed by atoms with Gasteiger partial charge in [0.1, 0.15) is 5.60 Å². The van der Waals surface area contributed by atoms with Crippen LogP contribution >= 0.6 is 0 Å². The van der Waals surface area contributed by atoms with Crippen LogP contribution in [0.1, 0.15) is 35.1 Å². The van der Waals surface area contributed by atoms with E-state index in [-0.39, 0.29) is 5.92 Å². The minimum Gasteiger partial charge on any atom is -0.380 e. The molecule has 0 aromatic heterocycles. The fraction of sp³-hybridized carbons (Fsp3) is 0.400. The first-order chi connectivity index (χ1) is 10.6. The van der Waals surface area contributed by atoms with Crippen molar-refractivity contribution in [2.75, 3.05) is 13.1 Å². The third-order valence-corrected chi connectivity index (χ3v) is 4.97. The number of hydrogen-bond donors (Lipinski definition) is 1. The molecule has 1 N–H and O–H groups in total. The summed E-state index contributed by atoms with van der Waals surface area (Å²) >= 11 is 0. The normalized spacial score (nSPS) is 16.7. The molecule has 1 fully saturated rings. The fourth-order valence-electron chi connectivity index (χ4n) is 3.75. The van der Waals surface area contributed by atoms with Gasteiger partial charge in [-0.05, 0) is 54.9 Å². The highest BCUT2D eigenvalue weighted by atomic mass is 16.3. The van der Waals surface area contributed by atoms with Crippen LogP contribution < -0.4 is 5.32 Å². The van der Waals surface area contributed by atoms with E-state index in [1.54, 1.807) is 0 Å². The summed E-state index contributed by atoms with van der Waals surface area (Å²) < 4.78 is 0. The number of nitrogens with zero attached hydrogens (tertiary/aromatic N) is 1. The standard InChI is InChI=1S/C20H24NO/c1-15-7-3-5-9-18(15)20(22,17-11-13-21-14-12-17)19-10-6-4-8-16(19)2/h3-10,17,22H,11-14H2,1-2H3. The fourth-order valence-corrected chi connectivity index (χ4v) is 3.75. The molecule has 2 nitrogen and oxygen atoms in total. The third-order valence-electron chi connectivity index (χ3n) is 4.97. The minimum atomic E-state index is -0.924. The predicted molar refractivity (Wildman–Crippen MR) is 89.9 cm³/mol. The summed E-state index contributed by atoms with van der Waals surface area (Å²) in [4.78, 5) is 0. The Kier molecular flexibility index (Phi) is 4.32. The van der Waals surface area contributed by atoms with Crippen LogP contribution in [0.2, 0.25) is 0 Å². The van der Waals surface area contributed by atoms with Gasteiger partial charge in [0, 0.05) is 13.1 Å². The van der Waals surface area contributed by atoms with Crippen molar-refractivity contribution in [2.24, 2.45) is 5.92 Å². The van der Waals surface area contributed by atoms with Gasteiger partial charge >= 0.3 is 0 Å². The summed E-state index contributed by atoms with van der Waals surface area (Å²) in [5.41, 5.74) is 3.45. The monoisotopic (exact) mass is 294 g/mol. The highest BCUT2D eigenvalue weighted by molar-refractivity contribution is 5.44. The number of aliphatic hydroxyl groups is 1. The Labute approximate surface area is 133 Å². The van der Waals surface area contributed by atoms with Crippen molar-refractivity contribution >= 4 is 0 Å². The van der Waals surface area contributed by atoms with E-state index < -0.39 is 5.60 Å². The Balaban J connectivity index is 2.18. The van der Waals surface area contributed by atoms with E-state index >= 15 is 0 Å². The number of rotatable bonds is 3. The predicted octanol–water partition coefficient (Wildman–Crippen LogP) is 3.55. The van der Waals surface area contributed by atoms with Crippen LogP contribution in [-0.2, 0) is 5.60 Å². The first kappa shape index (κ1) is 15.3. The average molecular weight is 294 g/mol. The second kappa shape index (κ2) is 6.23. The van der Waals surface area contributed by atoms with Crippen molar-refractivity contribution in [3.05, 3.63) is 70.8 Å². The van der Waals surface area contributed by atoms with Crippen LogP contribution in [0.25, 0.3) is 0 Å². The number of hydrogen-bond acceptors (Lipinski definition) is 1. The summed E-state index contributed by atoms with van der Waals surface area (Å²) in [7, 11) is 0. The Bertz CT molecular complexity index is 598. The van der Waals surface area contributed by atoms with Crippen molar-refractivity contribution < 1.29 is 5.11 Å². The van der Waals surface area contributed by atoms with E-state index in [4.69, 9.17) is 0 Å². The van der Waals surface area contributed by atoms with Crippen LogP contribution in [0, 0.1) is 19.8 Å². The van der Waals surface area contributed by atoms with Crippen molar-refractivity contribution in [2.45, 2.75) is 32.3 Å². The molecule has 1 aliphatic heterocycles. The van der Waals surface area contributed by atoms with Crippen LogP contribution in [-0.4, -0.2) is 18.2 Å². The Hall–Kier alpha value is -1.64. The van der Waals surface area contributed by atoms with Crippen LogP contribution in [0.5, 0.6) is 0 Å². The molecule has 2 heteroatoms. The molecule has 0 unspecified atom stereocenters. The van der Waals surface area contributed by atoms with Crippen molar-refractivity contribution in [1.29, 1.82) is 0 Å². The molecule has 22 heavy (non-hydrogen) atoms. The first-order valence-corrected chi connectivity index (χ1v) is 8.12. The van der Waals surface area contributed by atoms with Gasteiger partial charge in [0.2, 0.25) is 0 Å². The molecule has 3 rings (SSSR count). The topological polar surface area (TPSA) is 34.3 Å². The first-order valence-electron chi connectivity index (χ1n) is 8.12. The summed E-state index contributed by atoms with van der Waals surface area (Å²) in [5, 5.41) is 16.4. The molecule has 1 heterocycles. The molecule has 0 aliphatic carbocycles. The zero-order chi connectivity index (χ0) is 15.6. The zero-order valence-electron chi connectivity index (χ0n) is 13.4. The molecule has 2 aromatic rings. The molecule has 0 bridgehead atoms. The lowest BCUT2D eigenvalue weighted by Crippen LogP contribution is -2.42. The summed E-state index contributed by atoms with van der Waals surface area (Å²) in [6, 6.07) is 16.5. The van der Waals surface area contributed by atoms with Gasteiger partial charge in [-0.15, -0.1) is 0 Å². The molecule has 0 amide bonds. The molecule has 1 radical (unpaired) electrons. The van der Waals surface area contributed by atoms with E-state index in [9.17, 15) is 5.11 Å². The maximum absolute atomic E-state index is 11.9. The van der Waals surface area contributed by atoms with Crippen LogP contribution in [0.4, 0.5) is 0 Å². The highest BCUT2D eigenvalue weighted by Crippen LogP contribution is 2.43. The lowest BCUT2D eigenvalue weighted by molar-refractivity contribution is 0.000948. The Morgan fingerprint density at radius 2 is 1.32 bits per heavy atom. The molecule has 0 spiro atoms. The van der Waals surface area contributed by atoms with Crippen LogP contribution in [0.3, 0.4) is 0 Å². The maximum atomic E-state index is 11.9. The van der Waals surface area contributed by atoms with Gasteiger partial charge in [0.15, 0.2) is 0 Å². The molecule has 1 aliphatic rings. The quantitative estimate of drug-likeness (QED) is 0.923. The summed E-state index contributed by atoms with van der Waals surface area (Å²) in [6.45, 7) is 5.88. The van der Waals surface area contributed by atoms with Gasteiger partial charge < -0.3 is 5.11 Å². The van der Waals surface area contributed by atoms with Gasteiger partial charge in [-0.2, -0.15) is 0 Å². The second-order valence-corrected chi connectivity index (χ2v) is 6.34. The molecule has 0 saturated carbocycles. The number of aryl methyl sites for hydroxylation is 2. The van der Waals surface area contributed by atoms with E-state index in [1.807, 2.05) is 24.3 Å². The Morgan fingerprint density at radius 1 is 0.864 bits per heavy atom. The Morgan fingerprint density at radius 3 is 1.77 bits per heavy atom. The van der Waals surface area contributed by atoms with E-state index in [1.165, 1.54) is 0 Å². The molecular formula is C20H24NO. The average Bonchev–Trinajstić information content (AvgIpc) is 2.56. The van der Waals surface area contributed by atoms with Gasteiger partial charge in [0.25, 0.3) is 0 Å². The highest BCUT2D eigenvalue weighted by Gasteiger charge is 2.42. The van der Waals surface area contributed by atoms with Crippen LogP contribution in [0.15, 0.2) is 48.5 Å². The van der Waals surface area contributed by atoms with Gasteiger partial charge in [0.05, 0.1) is 0 Å². The third kappa shape index (κ3) is 2.57. The molecule has 0 atom stereocenters. The minimum absolute atomic E-state index is 0.215. The molecule has 115 valence electrons. The largest absolute Gasteiger partial charge is 0.380 e. The summed E-state index contributed by atoms with van der Waals surface area (Å²) in [5.74, 6) is 0.215. The maximum Gasteiger partial charge on any atom is 0.118 e. The molecule has 2 aromatic carbocycles. The van der Waals surface area contributed by atoms with Gasteiger partial charge in [-0.25, -0.2) is 5.32 Å². The smallest absolute Gasteiger partial charge is 0.118 e. The van der Waals surface area contributed by atoms with Crippen molar-refractivity contribution in [1.82, 2.24) is 5.32 Å². The lowest BCUT2D eigenvalue weighted by Gasteiger charge is -2.41. The van der Waals surface area contributed by atoms with E-state index in [0.717, 1.165) is 48.2 Å². The lowest BCUT2D eigenvalue weighted by atomic mass is 9.70. The van der Waals surface area contributed by atoms with Crippen molar-refractivity contribution in [3.8, 4) is 0 Å². The number of piperidine rings is 1.